The van der Waals surface area contributed by atoms with Crippen molar-refractivity contribution in [3.63, 3.8) is 0 Å². The lowest BCUT2D eigenvalue weighted by molar-refractivity contribution is 1.24. The van der Waals surface area contributed by atoms with Crippen LogP contribution in [0.4, 0.5) is 0 Å². The minimum atomic E-state index is 0.982. The summed E-state index contributed by atoms with van der Waals surface area (Å²) in [6.45, 7) is 0. The predicted molar refractivity (Wildman–Crippen MR) is 171 cm³/mol. The van der Waals surface area contributed by atoms with Crippen molar-refractivity contribution >= 4 is 69.7 Å². The first-order valence-corrected chi connectivity index (χ1v) is 14.4. The van der Waals surface area contributed by atoms with Crippen LogP contribution in [-0.4, -0.2) is 9.38 Å². The number of pyridine rings is 1. The van der Waals surface area contributed by atoms with E-state index in [1.807, 2.05) is 0 Å². The van der Waals surface area contributed by atoms with Crippen LogP contribution in [0.5, 0.6) is 0 Å². The van der Waals surface area contributed by atoms with Gasteiger partial charge in [0, 0.05) is 16.3 Å². The highest BCUT2D eigenvalue weighted by atomic mass is 32.1. The summed E-state index contributed by atoms with van der Waals surface area (Å²) >= 11 is 1.81. The Bertz CT molecular complexity index is 2380. The molecule has 3 heterocycles. The maximum absolute atomic E-state index is 5.12. The van der Waals surface area contributed by atoms with Gasteiger partial charge in [0.1, 0.15) is 16.0 Å². The molecule has 3 heteroatoms. The summed E-state index contributed by atoms with van der Waals surface area (Å²) in [7, 11) is 0. The molecule has 0 bridgehead atoms. The Balaban J connectivity index is 1.38. The summed E-state index contributed by atoms with van der Waals surface area (Å²) in [5, 5.41) is 8.81. The smallest absolute Gasteiger partial charge is 0.139 e. The fourth-order valence-electron chi connectivity index (χ4n) is 6.48. The van der Waals surface area contributed by atoms with Crippen LogP contribution in [0.3, 0.4) is 0 Å². The standard InChI is InChI=1S/C37H22N2S/c1-2-12-25-23(10-1)11-9-18-26(25)35-29-15-5-3-13-27(29)34(28-14-4-6-16-30(28)35)24-20-21-39-33(22-24)38-36-31-17-7-8-19-32(31)40-37(36)39/h1-22H. The molecular formula is C37H22N2S. The van der Waals surface area contributed by atoms with E-state index in [-0.39, 0.29) is 0 Å². The van der Waals surface area contributed by atoms with Crippen LogP contribution in [0.25, 0.3) is 80.7 Å². The van der Waals surface area contributed by atoms with Crippen molar-refractivity contribution in [1.82, 2.24) is 9.38 Å². The number of imidazole rings is 1. The minimum absolute atomic E-state index is 0.982. The van der Waals surface area contributed by atoms with E-state index in [4.69, 9.17) is 4.98 Å². The van der Waals surface area contributed by atoms with Crippen molar-refractivity contribution in [1.29, 1.82) is 0 Å². The molecule has 0 unspecified atom stereocenters. The number of benzene rings is 6. The van der Waals surface area contributed by atoms with Crippen molar-refractivity contribution < 1.29 is 0 Å². The highest BCUT2D eigenvalue weighted by molar-refractivity contribution is 7.25. The summed E-state index contributed by atoms with van der Waals surface area (Å²) in [5.41, 5.74) is 7.07. The largest absolute Gasteiger partial charge is 0.291 e. The highest BCUT2D eigenvalue weighted by Gasteiger charge is 2.19. The third-order valence-corrected chi connectivity index (χ3v) is 9.37. The first-order chi connectivity index (χ1) is 19.8. The van der Waals surface area contributed by atoms with Gasteiger partial charge in [-0.2, -0.15) is 0 Å². The molecule has 40 heavy (non-hydrogen) atoms. The van der Waals surface area contributed by atoms with Gasteiger partial charge in [0.05, 0.1) is 0 Å². The van der Waals surface area contributed by atoms with Gasteiger partial charge in [-0.25, -0.2) is 4.98 Å². The van der Waals surface area contributed by atoms with Gasteiger partial charge in [-0.15, -0.1) is 11.3 Å². The van der Waals surface area contributed by atoms with E-state index in [1.165, 1.54) is 69.5 Å². The van der Waals surface area contributed by atoms with E-state index in [9.17, 15) is 0 Å². The van der Waals surface area contributed by atoms with E-state index >= 15 is 0 Å². The van der Waals surface area contributed by atoms with E-state index in [1.54, 1.807) is 11.3 Å². The molecule has 186 valence electrons. The lowest BCUT2D eigenvalue weighted by Crippen LogP contribution is -1.92. The monoisotopic (exact) mass is 526 g/mol. The molecule has 9 rings (SSSR count). The van der Waals surface area contributed by atoms with Crippen LogP contribution in [0.2, 0.25) is 0 Å². The van der Waals surface area contributed by atoms with Gasteiger partial charge in [0.25, 0.3) is 0 Å². The number of hydrogen-bond donors (Lipinski definition) is 0. The molecule has 0 saturated heterocycles. The van der Waals surface area contributed by atoms with Gasteiger partial charge < -0.3 is 0 Å². The van der Waals surface area contributed by atoms with E-state index in [0.717, 1.165) is 11.2 Å². The van der Waals surface area contributed by atoms with Crippen LogP contribution in [0.1, 0.15) is 0 Å². The first kappa shape index (κ1) is 21.9. The second kappa shape index (κ2) is 8.25. The molecule has 0 fully saturated rings. The number of fused-ring (bicyclic) bond motifs is 8. The Morgan fingerprint density at radius 2 is 1.12 bits per heavy atom. The zero-order chi connectivity index (χ0) is 26.2. The van der Waals surface area contributed by atoms with Gasteiger partial charge in [-0.05, 0) is 72.8 Å². The molecule has 6 aromatic carbocycles. The molecule has 0 radical (unpaired) electrons. The maximum Gasteiger partial charge on any atom is 0.139 e. The highest BCUT2D eigenvalue weighted by Crippen LogP contribution is 2.45. The molecule has 0 amide bonds. The van der Waals surface area contributed by atoms with E-state index in [0.29, 0.717) is 0 Å². The average Bonchev–Trinajstić information content (AvgIpc) is 3.55. The Kier molecular flexibility index (Phi) is 4.52. The first-order valence-electron chi connectivity index (χ1n) is 13.6. The molecule has 2 nitrogen and oxygen atoms in total. The molecule has 0 aliphatic rings. The Labute approximate surface area is 234 Å². The zero-order valence-corrected chi connectivity index (χ0v) is 22.3. The SMILES string of the molecule is c1ccc2c(-c3c4ccccc4c(-c4ccn5c(c4)nc4c6ccccc6sc45)c4ccccc34)cccc2c1. The summed E-state index contributed by atoms with van der Waals surface area (Å²) in [5.74, 6) is 0. The number of rotatable bonds is 2. The number of nitrogens with zero attached hydrogens (tertiary/aromatic N) is 2. The number of thiophene rings is 1. The van der Waals surface area contributed by atoms with Crippen LogP contribution in [0.15, 0.2) is 134 Å². The van der Waals surface area contributed by atoms with Crippen LogP contribution < -0.4 is 0 Å². The average molecular weight is 527 g/mol. The zero-order valence-electron chi connectivity index (χ0n) is 21.5. The molecular weight excluding hydrogens is 504 g/mol. The normalized spacial score (nSPS) is 12.0. The van der Waals surface area contributed by atoms with Crippen molar-refractivity contribution in [3.05, 3.63) is 134 Å². The minimum Gasteiger partial charge on any atom is -0.291 e. The van der Waals surface area contributed by atoms with E-state index < -0.39 is 0 Å². The van der Waals surface area contributed by atoms with Crippen molar-refractivity contribution in [3.8, 4) is 22.3 Å². The Hall–Kier alpha value is -4.99. The molecule has 0 aliphatic heterocycles. The van der Waals surface area contributed by atoms with Crippen LogP contribution in [0, 0.1) is 0 Å². The molecule has 0 saturated carbocycles. The van der Waals surface area contributed by atoms with Crippen LogP contribution >= 0.6 is 11.3 Å². The fraction of sp³-hybridized carbons (Fsp3) is 0. The Morgan fingerprint density at radius 3 is 1.88 bits per heavy atom. The third-order valence-electron chi connectivity index (χ3n) is 8.21. The lowest BCUT2D eigenvalue weighted by Gasteiger charge is -2.18. The topological polar surface area (TPSA) is 17.3 Å². The third kappa shape index (κ3) is 3.01. The van der Waals surface area contributed by atoms with Gasteiger partial charge >= 0.3 is 0 Å². The van der Waals surface area contributed by atoms with Gasteiger partial charge in [0.2, 0.25) is 0 Å². The molecule has 0 aliphatic carbocycles. The maximum atomic E-state index is 5.12. The van der Waals surface area contributed by atoms with Crippen molar-refractivity contribution in [2.24, 2.45) is 0 Å². The molecule has 9 aromatic rings. The molecule has 3 aromatic heterocycles. The van der Waals surface area contributed by atoms with Crippen molar-refractivity contribution in [2.45, 2.75) is 0 Å². The van der Waals surface area contributed by atoms with Gasteiger partial charge in [0.15, 0.2) is 0 Å². The van der Waals surface area contributed by atoms with Gasteiger partial charge in [-0.1, -0.05) is 109 Å². The fourth-order valence-corrected chi connectivity index (χ4v) is 7.61. The number of hydrogen-bond acceptors (Lipinski definition) is 2. The quantitative estimate of drug-likeness (QED) is 0.205. The second-order valence-electron chi connectivity index (χ2n) is 10.4. The number of aromatic nitrogens is 2. The predicted octanol–water partition coefficient (Wildman–Crippen LogP) is 10.5. The summed E-state index contributed by atoms with van der Waals surface area (Å²) in [6.07, 6.45) is 2.19. The van der Waals surface area contributed by atoms with E-state index in [2.05, 4.69) is 138 Å². The van der Waals surface area contributed by atoms with Crippen molar-refractivity contribution in [2.75, 3.05) is 0 Å². The molecule has 0 spiro atoms. The summed E-state index contributed by atoms with van der Waals surface area (Å²) in [6, 6.07) is 46.1. The molecule has 0 atom stereocenters. The lowest BCUT2D eigenvalue weighted by atomic mass is 9.85. The Morgan fingerprint density at radius 1 is 0.525 bits per heavy atom. The van der Waals surface area contributed by atoms with Gasteiger partial charge in [-0.3, -0.25) is 4.40 Å². The summed E-state index contributed by atoms with van der Waals surface area (Å²) in [4.78, 5) is 6.32. The van der Waals surface area contributed by atoms with Crippen LogP contribution in [-0.2, 0) is 0 Å². The molecule has 0 N–H and O–H groups in total. The summed E-state index contributed by atoms with van der Waals surface area (Å²) < 4.78 is 3.51. The second-order valence-corrected chi connectivity index (χ2v) is 11.4.